The molecule has 0 aromatic heterocycles. The zero-order chi connectivity index (χ0) is 103. The Labute approximate surface area is 906 Å². The number of fused-ring (bicyclic) bond motifs is 6. The standard InChI is InChI=1S/C146H130I2/c1-137(2,3)95-73-91(74-96(81-95)138(4,5)6)125-126(92-75-97(139(7,8)9)82-98(76-92)140(10,11)12)128(94-79-101(143(19,20)21)84-102(80-94)144(22,23)24)136-114-68-66-112-131-111(65-67-113(132(114)131)135(136)127(125)93-77-99(141(13,14)15)83-100(78-93)142(16,17)18)133-123(87-53-49-85(50-54-87)69-71-145-115-43-31-25-37-105(115)129(106-38-26-32-44-116(106)145)107-39-27-33-45-117(107)145)121(89-57-61-103(147)62-58-89)122(90-59-63-104(148)64-60-90)124(134(112)133)88-55-51-86(52-56-88)70-72-146-118-46-34-28-40-108(118)130(109-41-29-35-47-119(109)146)110-42-30-36-48-120(110)146/h25-68,73-84,129-130H,1-24H3. The lowest BCUT2D eigenvalue weighted by molar-refractivity contribution is 0.568. The molecule has 0 saturated carbocycles. The third-order valence-corrected chi connectivity index (χ3v) is 34.9. The minimum Gasteiger partial charge on any atom is -0.0765 e. The van der Waals surface area contributed by atoms with E-state index >= 15 is 0 Å². The third-order valence-electron chi connectivity index (χ3n) is 33.5. The number of rotatable bonds is 8. The molecule has 0 heterocycles. The minimum absolute atomic E-state index is 0.132. The van der Waals surface area contributed by atoms with E-state index in [2.05, 4.69) is 575 Å². The SMILES string of the molecule is CC(C)(C)c1cc(-c2c(-c3cc(C(C)(C)C)cc(C(C)(C)C)c3)c(-c3cc(C(C)(C)C)cc(C(C)(C)C)c3)c3c(c2-c2cc(C(C)(C)C)cc(C(C)(C)C)c2)-c2ccc4c5c(ccc-3c25)-c2c(-c3ccc(C#CC56c7ccccc7C(c7ccccc75)c5ccccc56)cc3)c(-c3ccc(I)cc3)c(-c3ccc(I)cc3)c(-c3ccc(C#CC56c7ccccc7C(c7ccccc75)c5ccccc56)cc3)c2-4)cc(C(C)(C)C)c1. The highest BCUT2D eigenvalue weighted by Gasteiger charge is 2.54. The zero-order valence-electron chi connectivity index (χ0n) is 90.2. The van der Waals surface area contributed by atoms with Crippen LogP contribution >= 0.6 is 45.2 Å². The maximum atomic E-state index is 4.17. The van der Waals surface area contributed by atoms with Gasteiger partial charge in [-0.15, -0.1) is 0 Å². The second-order valence-corrected chi connectivity index (χ2v) is 53.8. The van der Waals surface area contributed by atoms with Crippen LogP contribution in [0.1, 0.15) is 300 Å². The van der Waals surface area contributed by atoms with Gasteiger partial charge < -0.3 is 0 Å². The highest BCUT2D eigenvalue weighted by molar-refractivity contribution is 14.1. The summed E-state index contributed by atoms with van der Waals surface area (Å²) in [6, 6.07) is 134. The van der Waals surface area contributed by atoms with Crippen LogP contribution in [0.4, 0.5) is 0 Å². The van der Waals surface area contributed by atoms with Gasteiger partial charge in [0.25, 0.3) is 0 Å². The average molecular weight is 2140 g/mol. The van der Waals surface area contributed by atoms with Crippen molar-refractivity contribution >= 4 is 56.0 Å². The molecular formula is C146H130I2. The lowest BCUT2D eigenvalue weighted by Gasteiger charge is -2.48. The second kappa shape index (κ2) is 34.2. The fourth-order valence-electron chi connectivity index (χ4n) is 25.6. The van der Waals surface area contributed by atoms with Crippen molar-refractivity contribution in [1.29, 1.82) is 0 Å². The molecule has 2 heteroatoms. The van der Waals surface area contributed by atoms with E-state index in [1.807, 2.05) is 0 Å². The van der Waals surface area contributed by atoms with Crippen LogP contribution in [0, 0.1) is 30.8 Å². The quantitative estimate of drug-likeness (QED) is 0.105. The van der Waals surface area contributed by atoms with E-state index in [9.17, 15) is 0 Å². The highest BCUT2D eigenvalue weighted by Crippen LogP contribution is 2.70. The number of hydrogen-bond acceptors (Lipinski definition) is 0. The van der Waals surface area contributed by atoms with Crippen LogP contribution in [0.2, 0.25) is 0 Å². The Morgan fingerprint density at radius 3 is 0.547 bits per heavy atom. The number of hydrogen-bond donors (Lipinski definition) is 0. The largest absolute Gasteiger partial charge is 0.107 e. The monoisotopic (exact) mass is 2140 g/mol. The van der Waals surface area contributed by atoms with E-state index in [0.29, 0.717) is 0 Å². The first-order valence-corrected chi connectivity index (χ1v) is 55.5. The molecule has 8 aliphatic rings. The smallest absolute Gasteiger partial charge is 0.0765 e. The fraction of sp³-hybridized carbons (Fsp3) is 0.247. The summed E-state index contributed by atoms with van der Waals surface area (Å²) in [5.74, 6) is 16.6. The predicted molar refractivity (Wildman–Crippen MR) is 645 cm³/mol. The van der Waals surface area contributed by atoms with Gasteiger partial charge in [-0.2, -0.15) is 0 Å². The molecule has 26 rings (SSSR count). The van der Waals surface area contributed by atoms with Crippen molar-refractivity contribution in [3.05, 3.63) is 469 Å². The van der Waals surface area contributed by atoms with Crippen LogP contribution in [-0.4, -0.2) is 0 Å². The van der Waals surface area contributed by atoms with Gasteiger partial charge in [-0.1, -0.05) is 481 Å². The van der Waals surface area contributed by atoms with E-state index in [4.69, 9.17) is 0 Å². The molecule has 0 N–H and O–H groups in total. The Hall–Kier alpha value is -13.2. The Balaban J connectivity index is 0.859. The van der Waals surface area contributed by atoms with Gasteiger partial charge in [0.05, 0.1) is 0 Å². The molecule has 728 valence electrons. The first kappa shape index (κ1) is 96.9. The van der Waals surface area contributed by atoms with Crippen molar-refractivity contribution in [2.45, 2.75) is 232 Å². The van der Waals surface area contributed by atoms with Crippen LogP contribution < -0.4 is 0 Å². The molecule has 0 nitrogen and oxygen atoms in total. The Morgan fingerprint density at radius 1 is 0.182 bits per heavy atom. The van der Waals surface area contributed by atoms with E-state index in [0.717, 1.165) is 33.4 Å². The van der Waals surface area contributed by atoms with Crippen molar-refractivity contribution < 1.29 is 0 Å². The maximum Gasteiger partial charge on any atom is 0.107 e. The van der Waals surface area contributed by atoms with Gasteiger partial charge in [-0.3, -0.25) is 0 Å². The highest BCUT2D eigenvalue weighted by atomic mass is 127. The summed E-state index contributed by atoms with van der Waals surface area (Å²) in [5, 5.41) is 2.54. The summed E-state index contributed by atoms with van der Waals surface area (Å²) in [6.45, 7) is 58.2. The molecule has 148 heavy (non-hydrogen) atoms. The summed E-state index contributed by atoms with van der Waals surface area (Å²) >= 11 is 5.04. The van der Waals surface area contributed by atoms with Gasteiger partial charge in [-0.25, -0.2) is 0 Å². The summed E-state index contributed by atoms with van der Waals surface area (Å²) in [7, 11) is 0. The normalized spacial score (nSPS) is 16.4. The first-order valence-electron chi connectivity index (χ1n) is 53.4. The van der Waals surface area contributed by atoms with Gasteiger partial charge in [0.15, 0.2) is 0 Å². The third kappa shape index (κ3) is 15.4. The van der Waals surface area contributed by atoms with Crippen LogP contribution in [0.15, 0.2) is 340 Å². The number of halogens is 2. The summed E-state index contributed by atoms with van der Waals surface area (Å²) in [5.41, 5.74) is 53.8. The van der Waals surface area contributed by atoms with Crippen molar-refractivity contribution in [3.8, 4) is 157 Å². The predicted octanol–water partition coefficient (Wildman–Crippen LogP) is 39.4. The van der Waals surface area contributed by atoms with Crippen molar-refractivity contribution in [2.24, 2.45) is 0 Å². The summed E-state index contributed by atoms with van der Waals surface area (Å²) in [4.78, 5) is 0. The van der Waals surface area contributed by atoms with E-state index in [1.54, 1.807) is 0 Å². The Morgan fingerprint density at radius 2 is 0.351 bits per heavy atom. The van der Waals surface area contributed by atoms with Gasteiger partial charge in [0.1, 0.15) is 10.8 Å². The fourth-order valence-corrected chi connectivity index (χ4v) is 26.3. The molecule has 0 fully saturated rings. The van der Waals surface area contributed by atoms with E-state index < -0.39 is 10.8 Å². The molecule has 0 spiro atoms. The van der Waals surface area contributed by atoms with Crippen LogP contribution in [0.3, 0.4) is 0 Å². The Kier molecular flexibility index (Phi) is 22.4. The van der Waals surface area contributed by atoms with E-state index in [-0.39, 0.29) is 55.2 Å². The molecule has 0 radical (unpaired) electrons. The van der Waals surface area contributed by atoms with E-state index in [1.165, 1.54) is 240 Å². The van der Waals surface area contributed by atoms with Gasteiger partial charge in [-0.05, 0) is 393 Å². The molecular weight excluding hydrogens is 2010 g/mol. The molecule has 18 aromatic carbocycles. The van der Waals surface area contributed by atoms with Crippen LogP contribution in [-0.2, 0) is 54.1 Å². The molecule has 0 aliphatic heterocycles. The minimum atomic E-state index is -0.702. The first-order chi connectivity index (χ1) is 70.2. The molecule has 0 saturated heterocycles. The van der Waals surface area contributed by atoms with Crippen LogP contribution in [0.25, 0.3) is 144 Å². The van der Waals surface area contributed by atoms with Crippen LogP contribution in [0.5, 0.6) is 0 Å². The number of benzene rings is 18. The Bertz CT molecular complexity index is 7940. The average Bonchev–Trinajstić information content (AvgIpc) is 1.11. The van der Waals surface area contributed by atoms with Crippen molar-refractivity contribution in [3.63, 3.8) is 0 Å². The van der Waals surface area contributed by atoms with Crippen molar-refractivity contribution in [1.82, 2.24) is 0 Å². The van der Waals surface area contributed by atoms with Crippen molar-refractivity contribution in [2.75, 3.05) is 0 Å². The topological polar surface area (TPSA) is 0 Å². The molecule has 18 aromatic rings. The molecule has 4 bridgehead atoms. The molecule has 0 atom stereocenters. The maximum absolute atomic E-state index is 4.17. The molecule has 8 aliphatic carbocycles. The summed E-state index contributed by atoms with van der Waals surface area (Å²) in [6.07, 6.45) is 0. The molecule has 0 amide bonds. The van der Waals surface area contributed by atoms with Gasteiger partial charge >= 0.3 is 0 Å². The van der Waals surface area contributed by atoms with Gasteiger partial charge in [0, 0.05) is 30.1 Å². The lowest BCUT2D eigenvalue weighted by Crippen LogP contribution is -2.41. The lowest BCUT2D eigenvalue weighted by atomic mass is 9.53. The second-order valence-electron chi connectivity index (χ2n) is 51.3. The zero-order valence-corrected chi connectivity index (χ0v) is 94.6. The van der Waals surface area contributed by atoms with Gasteiger partial charge in [0.2, 0.25) is 0 Å². The summed E-state index contributed by atoms with van der Waals surface area (Å²) < 4.78 is 2.34. The molecule has 0 unspecified atom stereocenters.